The molecule has 0 bridgehead atoms. The van der Waals surface area contributed by atoms with E-state index in [1.165, 1.54) is 0 Å². The van der Waals surface area contributed by atoms with E-state index in [4.69, 9.17) is 4.98 Å². The number of rotatable bonds is 4. The number of carbonyl (C=O) groups excluding carboxylic acids is 1. The molecular weight excluding hydrogens is 382 g/mol. The monoisotopic (exact) mass is 405 g/mol. The molecule has 8 heteroatoms. The Balaban J connectivity index is 1.30. The fourth-order valence-electron chi connectivity index (χ4n) is 3.70. The Bertz CT molecular complexity index is 903. The van der Waals surface area contributed by atoms with Crippen LogP contribution in [0.4, 0.5) is 0 Å². The van der Waals surface area contributed by atoms with Gasteiger partial charge in [0.15, 0.2) is 9.84 Å². The molecule has 2 aliphatic heterocycles. The summed E-state index contributed by atoms with van der Waals surface area (Å²) in [5.74, 6) is -0.159. The summed E-state index contributed by atoms with van der Waals surface area (Å²) in [6.07, 6.45) is 0.475. The summed E-state index contributed by atoms with van der Waals surface area (Å²) < 4.78 is 23.2. The van der Waals surface area contributed by atoms with Gasteiger partial charge in [0.2, 0.25) is 5.91 Å². The van der Waals surface area contributed by atoms with Crippen molar-refractivity contribution in [1.82, 2.24) is 14.8 Å². The Morgan fingerprint density at radius 3 is 2.56 bits per heavy atom. The number of hydrogen-bond acceptors (Lipinski definition) is 6. The highest BCUT2D eigenvalue weighted by Gasteiger charge is 2.36. The third-order valence-corrected chi connectivity index (χ3v) is 7.93. The molecule has 0 radical (unpaired) electrons. The third kappa shape index (κ3) is 4.39. The Morgan fingerprint density at radius 2 is 1.89 bits per heavy atom. The van der Waals surface area contributed by atoms with Crippen molar-refractivity contribution in [2.24, 2.45) is 5.92 Å². The lowest BCUT2D eigenvalue weighted by molar-refractivity contribution is -0.136. The van der Waals surface area contributed by atoms with E-state index < -0.39 is 9.84 Å². The molecule has 1 atom stereocenters. The van der Waals surface area contributed by atoms with E-state index in [2.05, 4.69) is 22.4 Å². The van der Waals surface area contributed by atoms with Gasteiger partial charge < -0.3 is 4.90 Å². The van der Waals surface area contributed by atoms with Crippen molar-refractivity contribution in [2.45, 2.75) is 13.0 Å². The Labute approximate surface area is 163 Å². The second-order valence-corrected chi connectivity index (χ2v) is 10.3. The maximum Gasteiger partial charge on any atom is 0.226 e. The predicted molar refractivity (Wildman–Crippen MR) is 106 cm³/mol. The van der Waals surface area contributed by atoms with Crippen LogP contribution in [0.2, 0.25) is 0 Å². The minimum absolute atomic E-state index is 0.00995. The van der Waals surface area contributed by atoms with Crippen molar-refractivity contribution in [2.75, 3.05) is 37.7 Å². The molecule has 1 amide bonds. The summed E-state index contributed by atoms with van der Waals surface area (Å²) in [4.78, 5) is 21.4. The van der Waals surface area contributed by atoms with Crippen molar-refractivity contribution in [3.05, 3.63) is 41.4 Å². The van der Waals surface area contributed by atoms with Crippen LogP contribution in [0.15, 0.2) is 35.7 Å². The van der Waals surface area contributed by atoms with E-state index in [0.29, 0.717) is 19.5 Å². The van der Waals surface area contributed by atoms with E-state index in [1.807, 2.05) is 23.1 Å². The molecular formula is C19H23N3O3S2. The maximum absolute atomic E-state index is 12.5. The molecule has 2 aliphatic rings. The van der Waals surface area contributed by atoms with Gasteiger partial charge in [-0.1, -0.05) is 30.3 Å². The molecule has 0 N–H and O–H groups in total. The van der Waals surface area contributed by atoms with Gasteiger partial charge >= 0.3 is 0 Å². The number of benzene rings is 1. The molecule has 4 rings (SSSR count). The van der Waals surface area contributed by atoms with E-state index >= 15 is 0 Å². The zero-order valence-corrected chi connectivity index (χ0v) is 16.7. The quantitative estimate of drug-likeness (QED) is 0.777. The summed E-state index contributed by atoms with van der Waals surface area (Å²) in [6, 6.07) is 10.2. The summed E-state index contributed by atoms with van der Waals surface area (Å²) >= 11 is 1.65. The Kier molecular flexibility index (Phi) is 5.29. The van der Waals surface area contributed by atoms with Crippen molar-refractivity contribution < 1.29 is 13.2 Å². The van der Waals surface area contributed by atoms with Gasteiger partial charge in [0.25, 0.3) is 0 Å². The van der Waals surface area contributed by atoms with Gasteiger partial charge in [0.1, 0.15) is 5.01 Å². The second-order valence-electron chi connectivity index (χ2n) is 7.21. The van der Waals surface area contributed by atoms with Crippen molar-refractivity contribution >= 4 is 27.1 Å². The van der Waals surface area contributed by atoms with Crippen LogP contribution in [0.5, 0.6) is 0 Å². The first kappa shape index (κ1) is 18.6. The van der Waals surface area contributed by atoms with E-state index in [0.717, 1.165) is 35.9 Å². The SMILES string of the molecule is O=C(C1CCS(=O)(=O)C1)N1CCN(Cc2csc(-c3ccccc3)n2)CC1. The largest absolute Gasteiger partial charge is 0.340 e. The highest BCUT2D eigenvalue weighted by Crippen LogP contribution is 2.25. The average Bonchev–Trinajstić information content (AvgIpc) is 3.29. The topological polar surface area (TPSA) is 70.6 Å². The average molecular weight is 406 g/mol. The van der Waals surface area contributed by atoms with Gasteiger partial charge in [-0.05, 0) is 6.42 Å². The normalized spacial score (nSPS) is 22.8. The van der Waals surface area contributed by atoms with Crippen LogP contribution >= 0.6 is 11.3 Å². The molecule has 0 aliphatic carbocycles. The van der Waals surface area contributed by atoms with E-state index in [1.54, 1.807) is 11.3 Å². The third-order valence-electron chi connectivity index (χ3n) is 5.22. The lowest BCUT2D eigenvalue weighted by atomic mass is 10.1. The van der Waals surface area contributed by atoms with Gasteiger partial charge in [0.05, 0.1) is 23.1 Å². The second kappa shape index (κ2) is 7.69. The molecule has 0 saturated carbocycles. The molecule has 2 fully saturated rings. The highest BCUT2D eigenvalue weighted by atomic mass is 32.2. The fourth-order valence-corrected chi connectivity index (χ4v) is 6.25. The van der Waals surface area contributed by atoms with Crippen molar-refractivity contribution in [3.63, 3.8) is 0 Å². The summed E-state index contributed by atoms with van der Waals surface area (Å²) in [5.41, 5.74) is 2.19. The Morgan fingerprint density at radius 1 is 1.15 bits per heavy atom. The lowest BCUT2D eigenvalue weighted by Crippen LogP contribution is -2.50. The molecule has 2 saturated heterocycles. The number of piperazine rings is 1. The summed E-state index contributed by atoms with van der Waals surface area (Å²) in [6.45, 7) is 3.69. The summed E-state index contributed by atoms with van der Waals surface area (Å²) in [5, 5.41) is 3.13. The Hall–Kier alpha value is -1.77. The molecule has 6 nitrogen and oxygen atoms in total. The maximum atomic E-state index is 12.5. The van der Waals surface area contributed by atoms with Crippen LogP contribution in [0, 0.1) is 5.92 Å². The minimum Gasteiger partial charge on any atom is -0.340 e. The van der Waals surface area contributed by atoms with Crippen LogP contribution in [0.3, 0.4) is 0 Å². The van der Waals surface area contributed by atoms with Gasteiger partial charge in [-0.15, -0.1) is 11.3 Å². The summed E-state index contributed by atoms with van der Waals surface area (Å²) in [7, 11) is -3.02. The van der Waals surface area contributed by atoms with Crippen LogP contribution in [0.25, 0.3) is 10.6 Å². The smallest absolute Gasteiger partial charge is 0.226 e. The number of nitrogens with zero attached hydrogens (tertiary/aromatic N) is 3. The standard InChI is InChI=1S/C19H23N3O3S2/c23-19(16-6-11-27(24,25)14-16)22-9-7-21(8-10-22)12-17-13-26-18(20-17)15-4-2-1-3-5-15/h1-5,13,16H,6-12,14H2. The van der Waals surface area contributed by atoms with Gasteiger partial charge in [-0.25, -0.2) is 13.4 Å². The fraction of sp³-hybridized carbons (Fsp3) is 0.474. The number of carbonyl (C=O) groups is 1. The number of amides is 1. The number of hydrogen-bond donors (Lipinski definition) is 0. The molecule has 1 aromatic carbocycles. The minimum atomic E-state index is -3.02. The van der Waals surface area contributed by atoms with E-state index in [9.17, 15) is 13.2 Å². The molecule has 3 heterocycles. The van der Waals surface area contributed by atoms with E-state index in [-0.39, 0.29) is 23.3 Å². The van der Waals surface area contributed by atoms with Crippen molar-refractivity contribution in [3.8, 4) is 10.6 Å². The van der Waals surface area contributed by atoms with Crippen LogP contribution in [0.1, 0.15) is 12.1 Å². The molecule has 27 heavy (non-hydrogen) atoms. The van der Waals surface area contributed by atoms with Crippen LogP contribution < -0.4 is 0 Å². The van der Waals surface area contributed by atoms with Gasteiger partial charge in [-0.3, -0.25) is 9.69 Å². The van der Waals surface area contributed by atoms with Gasteiger partial charge in [0, 0.05) is 43.7 Å². The molecule has 0 spiro atoms. The predicted octanol–water partition coefficient (Wildman–Crippen LogP) is 1.89. The first-order chi connectivity index (χ1) is 13.0. The molecule has 1 aromatic heterocycles. The molecule has 144 valence electrons. The first-order valence-corrected chi connectivity index (χ1v) is 11.9. The molecule has 1 unspecified atom stereocenters. The molecule has 2 aromatic rings. The number of aromatic nitrogens is 1. The lowest BCUT2D eigenvalue weighted by Gasteiger charge is -2.35. The number of thiazole rings is 1. The zero-order chi connectivity index (χ0) is 18.9. The van der Waals surface area contributed by atoms with Crippen LogP contribution in [-0.4, -0.2) is 66.8 Å². The first-order valence-electron chi connectivity index (χ1n) is 9.21. The zero-order valence-electron chi connectivity index (χ0n) is 15.1. The van der Waals surface area contributed by atoms with Gasteiger partial charge in [-0.2, -0.15) is 0 Å². The van der Waals surface area contributed by atoms with Crippen LogP contribution in [-0.2, 0) is 21.2 Å². The highest BCUT2D eigenvalue weighted by molar-refractivity contribution is 7.91. The van der Waals surface area contributed by atoms with Crippen molar-refractivity contribution in [1.29, 1.82) is 0 Å². The number of sulfone groups is 1.